The van der Waals surface area contributed by atoms with Crippen LogP contribution in [0.5, 0.6) is 0 Å². The minimum Gasteiger partial charge on any atom is -0.290 e. The average molecular weight is 170 g/mol. The van der Waals surface area contributed by atoms with E-state index in [4.69, 9.17) is 4.18 Å². The normalized spacial score (nSPS) is 42.0. The quantitative estimate of drug-likeness (QED) is 0.543. The molecule has 1 fully saturated rings. The molecule has 0 saturated carbocycles. The van der Waals surface area contributed by atoms with Gasteiger partial charge in [0.15, 0.2) is 11.1 Å². The number of rotatable bonds is 0. The lowest BCUT2D eigenvalue weighted by molar-refractivity contribution is 0.248. The minimum absolute atomic E-state index is 0.439. The van der Waals surface area contributed by atoms with Crippen LogP contribution in [0.2, 0.25) is 0 Å². The van der Waals surface area contributed by atoms with Gasteiger partial charge >= 0.3 is 0 Å². The highest BCUT2D eigenvalue weighted by atomic mass is 32.2. The average Bonchev–Trinajstić information content (AvgIpc) is 2.04. The van der Waals surface area contributed by atoms with Crippen LogP contribution in [0.3, 0.4) is 0 Å². The molecule has 0 aromatic rings. The smallest absolute Gasteiger partial charge is 0.156 e. The van der Waals surface area contributed by atoms with Gasteiger partial charge in [-0.3, -0.25) is 4.18 Å². The maximum atomic E-state index is 10.9. The summed E-state index contributed by atoms with van der Waals surface area (Å²) in [6, 6.07) is 0. The summed E-state index contributed by atoms with van der Waals surface area (Å²) >= 11 is -1.04. The van der Waals surface area contributed by atoms with Crippen molar-refractivity contribution in [3.8, 4) is 0 Å². The third kappa shape index (κ3) is 1.44. The fourth-order valence-corrected chi connectivity index (χ4v) is 2.49. The highest BCUT2D eigenvalue weighted by molar-refractivity contribution is 7.80. The Morgan fingerprint density at radius 3 is 2.82 bits per heavy atom. The molecule has 11 heavy (non-hydrogen) atoms. The lowest BCUT2D eigenvalue weighted by atomic mass is 9.91. The molecular formula is C8H10O2S. The molecule has 3 heteroatoms. The monoisotopic (exact) mass is 170 g/mol. The topological polar surface area (TPSA) is 26.3 Å². The summed E-state index contributed by atoms with van der Waals surface area (Å²) < 4.78 is 16.0. The highest BCUT2D eigenvalue weighted by Crippen LogP contribution is 2.25. The first-order valence-electron chi connectivity index (χ1n) is 3.73. The van der Waals surface area contributed by atoms with Crippen molar-refractivity contribution in [3.63, 3.8) is 0 Å². The third-order valence-corrected chi connectivity index (χ3v) is 3.15. The van der Waals surface area contributed by atoms with Gasteiger partial charge in [0, 0.05) is 5.92 Å². The van der Waals surface area contributed by atoms with Gasteiger partial charge in [0.25, 0.3) is 0 Å². The lowest BCUT2D eigenvalue weighted by Gasteiger charge is -2.27. The maximum Gasteiger partial charge on any atom is 0.156 e. The van der Waals surface area contributed by atoms with Gasteiger partial charge in [0.05, 0.1) is 12.4 Å². The van der Waals surface area contributed by atoms with Gasteiger partial charge in [0.1, 0.15) is 0 Å². The molecular weight excluding hydrogens is 160 g/mol. The lowest BCUT2D eigenvalue weighted by Crippen LogP contribution is -2.30. The van der Waals surface area contributed by atoms with Crippen LogP contribution in [0, 0.1) is 11.8 Å². The van der Waals surface area contributed by atoms with E-state index in [1.54, 1.807) is 0 Å². The Bertz CT molecular complexity index is 232. The van der Waals surface area contributed by atoms with Crippen LogP contribution >= 0.6 is 0 Å². The second-order valence-electron chi connectivity index (χ2n) is 2.85. The number of hydrogen-bond donors (Lipinski definition) is 0. The third-order valence-electron chi connectivity index (χ3n) is 2.10. The molecule has 1 aliphatic heterocycles. The molecule has 1 saturated heterocycles. The molecule has 2 rings (SSSR count). The summed E-state index contributed by atoms with van der Waals surface area (Å²) in [4.78, 5) is 0. The number of hydrogen-bond acceptors (Lipinski definition) is 2. The SMILES string of the molecule is O=S1CC2C=CC=CC2CO1. The van der Waals surface area contributed by atoms with E-state index >= 15 is 0 Å². The second-order valence-corrected chi connectivity index (χ2v) is 4.03. The van der Waals surface area contributed by atoms with Crippen LogP contribution in [0.4, 0.5) is 0 Å². The molecule has 3 unspecified atom stereocenters. The van der Waals surface area contributed by atoms with Gasteiger partial charge in [0.2, 0.25) is 0 Å². The number of allylic oxidation sites excluding steroid dienone is 3. The van der Waals surface area contributed by atoms with Crippen molar-refractivity contribution < 1.29 is 8.39 Å². The van der Waals surface area contributed by atoms with E-state index in [0.717, 1.165) is 0 Å². The van der Waals surface area contributed by atoms with E-state index in [-0.39, 0.29) is 0 Å². The minimum atomic E-state index is -1.04. The molecule has 1 aliphatic carbocycles. The summed E-state index contributed by atoms with van der Waals surface area (Å²) in [6.45, 7) is 0.609. The van der Waals surface area contributed by atoms with E-state index in [0.29, 0.717) is 24.2 Å². The summed E-state index contributed by atoms with van der Waals surface area (Å²) in [5.41, 5.74) is 0. The van der Waals surface area contributed by atoms with Gasteiger partial charge in [-0.05, 0) is 5.92 Å². The van der Waals surface area contributed by atoms with E-state index in [9.17, 15) is 4.21 Å². The van der Waals surface area contributed by atoms with Gasteiger partial charge in [-0.2, -0.15) is 0 Å². The molecule has 0 N–H and O–H groups in total. The zero-order valence-electron chi connectivity index (χ0n) is 6.10. The molecule has 0 aromatic carbocycles. The van der Waals surface area contributed by atoms with Gasteiger partial charge in [-0.15, -0.1) is 0 Å². The Kier molecular flexibility index (Phi) is 1.92. The predicted octanol–water partition coefficient (Wildman–Crippen LogP) is 1.04. The van der Waals surface area contributed by atoms with Crippen molar-refractivity contribution in [2.75, 3.05) is 12.4 Å². The summed E-state index contributed by atoms with van der Waals surface area (Å²) in [7, 11) is 0. The van der Waals surface area contributed by atoms with E-state index in [1.807, 2.05) is 12.2 Å². The standard InChI is InChI=1S/C8H10O2S/c9-11-6-8-4-2-1-3-7(8)5-10-11/h1-4,7-8H,5-6H2. The van der Waals surface area contributed by atoms with Crippen molar-refractivity contribution in [2.24, 2.45) is 11.8 Å². The largest absolute Gasteiger partial charge is 0.290 e. The zero-order chi connectivity index (χ0) is 7.68. The van der Waals surface area contributed by atoms with E-state index < -0.39 is 11.1 Å². The van der Waals surface area contributed by atoms with Gasteiger partial charge < -0.3 is 0 Å². The van der Waals surface area contributed by atoms with Crippen LogP contribution in [-0.2, 0) is 15.3 Å². The predicted molar refractivity (Wildman–Crippen MR) is 44.2 cm³/mol. The first-order chi connectivity index (χ1) is 5.36. The van der Waals surface area contributed by atoms with Crippen molar-refractivity contribution in [1.82, 2.24) is 0 Å². The summed E-state index contributed by atoms with van der Waals surface area (Å²) in [6.07, 6.45) is 8.29. The van der Waals surface area contributed by atoms with Crippen molar-refractivity contribution in [1.29, 1.82) is 0 Å². The van der Waals surface area contributed by atoms with Crippen molar-refractivity contribution >= 4 is 11.1 Å². The highest BCUT2D eigenvalue weighted by Gasteiger charge is 2.26. The van der Waals surface area contributed by atoms with Crippen LogP contribution in [0.25, 0.3) is 0 Å². The molecule has 0 aromatic heterocycles. The summed E-state index contributed by atoms with van der Waals surface area (Å²) in [5.74, 6) is 1.55. The van der Waals surface area contributed by atoms with Gasteiger partial charge in [-0.25, -0.2) is 4.21 Å². The molecule has 2 aliphatic rings. The van der Waals surface area contributed by atoms with Gasteiger partial charge in [-0.1, -0.05) is 24.3 Å². The molecule has 0 bridgehead atoms. The first kappa shape index (κ1) is 7.25. The number of fused-ring (bicyclic) bond motifs is 1. The Hall–Kier alpha value is -0.410. The molecule has 3 atom stereocenters. The summed E-state index contributed by atoms with van der Waals surface area (Å²) in [5, 5.41) is 0. The fourth-order valence-electron chi connectivity index (χ4n) is 1.42. The van der Waals surface area contributed by atoms with E-state index in [2.05, 4.69) is 12.2 Å². The molecule has 1 heterocycles. The first-order valence-corrected chi connectivity index (χ1v) is 4.97. The fraction of sp³-hybridized carbons (Fsp3) is 0.500. The molecule has 2 nitrogen and oxygen atoms in total. The molecule has 60 valence electrons. The van der Waals surface area contributed by atoms with Crippen LogP contribution in [0.15, 0.2) is 24.3 Å². The second kappa shape index (κ2) is 2.91. The Morgan fingerprint density at radius 1 is 1.27 bits per heavy atom. The Balaban J connectivity index is 2.12. The van der Waals surface area contributed by atoms with E-state index in [1.165, 1.54) is 0 Å². The maximum absolute atomic E-state index is 10.9. The van der Waals surface area contributed by atoms with Crippen LogP contribution < -0.4 is 0 Å². The zero-order valence-corrected chi connectivity index (χ0v) is 6.92. The van der Waals surface area contributed by atoms with Crippen molar-refractivity contribution in [2.45, 2.75) is 0 Å². The Morgan fingerprint density at radius 2 is 2.00 bits per heavy atom. The Labute approximate surface area is 68.6 Å². The van der Waals surface area contributed by atoms with Crippen LogP contribution in [-0.4, -0.2) is 16.6 Å². The molecule has 0 radical (unpaired) electrons. The van der Waals surface area contributed by atoms with Crippen molar-refractivity contribution in [3.05, 3.63) is 24.3 Å². The molecule has 0 amide bonds. The van der Waals surface area contributed by atoms with Crippen LogP contribution in [0.1, 0.15) is 0 Å². The molecule has 0 spiro atoms.